The van der Waals surface area contributed by atoms with Gasteiger partial charge in [-0.15, -0.1) is 0 Å². The molecule has 2 unspecified atom stereocenters. The van der Waals surface area contributed by atoms with E-state index in [0.717, 1.165) is 0 Å². The van der Waals surface area contributed by atoms with Gasteiger partial charge in [-0.1, -0.05) is 18.5 Å². The second-order valence-electron chi connectivity index (χ2n) is 3.85. The molecule has 0 heterocycles. The van der Waals surface area contributed by atoms with Gasteiger partial charge in [-0.25, -0.2) is 4.39 Å². The highest BCUT2D eigenvalue weighted by atomic mass is 35.5. The first-order valence-corrected chi connectivity index (χ1v) is 5.17. The Kier molecular flexibility index (Phi) is 5.78. The molecule has 2 atom stereocenters. The van der Waals surface area contributed by atoms with E-state index in [1.54, 1.807) is 0 Å². The molecule has 0 nitrogen and oxygen atoms in total. The van der Waals surface area contributed by atoms with Crippen LogP contribution in [0.1, 0.15) is 6.92 Å². The smallest absolute Gasteiger partial charge is 0.251 e. The number of allylic oxidation sites excluding steroid dienone is 1. The Bertz CT molecular complexity index is 373. The predicted octanol–water partition coefficient (Wildman–Crippen LogP) is 5.18. The summed E-state index contributed by atoms with van der Waals surface area (Å²) in [5.74, 6) is -21.3. The van der Waals surface area contributed by atoms with E-state index in [0.29, 0.717) is 0 Å². The van der Waals surface area contributed by atoms with Gasteiger partial charge in [-0.2, -0.15) is 35.1 Å². The van der Waals surface area contributed by atoms with Crippen molar-refractivity contribution < 1.29 is 43.9 Å². The Morgan fingerprint density at radius 3 is 1.70 bits per heavy atom. The van der Waals surface area contributed by atoms with Crippen molar-refractivity contribution in [1.82, 2.24) is 0 Å². The van der Waals surface area contributed by atoms with E-state index >= 15 is 0 Å². The molecule has 0 rings (SSSR count). The van der Waals surface area contributed by atoms with Crippen LogP contribution in [-0.4, -0.2) is 30.6 Å². The fraction of sp³-hybridized carbons (Fsp3) is 0.778. The first kappa shape index (κ1) is 19.3. The number of rotatable bonds is 6. The molecule has 0 aliphatic heterocycles. The first-order valence-electron chi connectivity index (χ1n) is 4.79. The summed E-state index contributed by atoms with van der Waals surface area (Å²) < 4.78 is 127. The van der Waals surface area contributed by atoms with Crippen LogP contribution < -0.4 is 0 Å². The summed E-state index contributed by atoms with van der Waals surface area (Å²) in [4.78, 5) is 0. The quantitative estimate of drug-likeness (QED) is 0.584. The average molecular weight is 341 g/mol. The monoisotopic (exact) mass is 340 g/mol. The summed E-state index contributed by atoms with van der Waals surface area (Å²) in [7, 11) is 0. The van der Waals surface area contributed by atoms with Crippen LogP contribution in [0.25, 0.3) is 0 Å². The van der Waals surface area contributed by atoms with E-state index in [1.165, 1.54) is 0 Å². The van der Waals surface area contributed by atoms with Crippen LogP contribution in [0.5, 0.6) is 0 Å². The minimum absolute atomic E-state index is 0.171. The summed E-state index contributed by atoms with van der Waals surface area (Å²) in [6.07, 6.45) is -7.83. The highest BCUT2D eigenvalue weighted by Gasteiger charge is 2.76. The van der Waals surface area contributed by atoms with E-state index in [2.05, 4.69) is 11.6 Å². The molecule has 0 fully saturated rings. The lowest BCUT2D eigenvalue weighted by atomic mass is 9.92. The molecule has 0 aliphatic rings. The van der Waals surface area contributed by atoms with Gasteiger partial charge in [-0.05, 0) is 0 Å². The Labute approximate surface area is 111 Å². The van der Waals surface area contributed by atoms with Gasteiger partial charge in [0.1, 0.15) is 5.03 Å². The molecule has 0 saturated heterocycles. The number of halogens is 11. The SMILES string of the molecule is CC(CF)C(F)(F)C(F)(F)C(F)(F)C(F)C(Cl)=C(F)F. The molecule has 0 amide bonds. The lowest BCUT2D eigenvalue weighted by Gasteiger charge is -2.36. The van der Waals surface area contributed by atoms with Crippen molar-refractivity contribution in [2.45, 2.75) is 30.9 Å². The molecule has 0 radical (unpaired) electrons. The summed E-state index contributed by atoms with van der Waals surface area (Å²) in [6.45, 7) is -1.94. The van der Waals surface area contributed by atoms with Gasteiger partial charge in [0.2, 0.25) is 6.17 Å². The molecule has 11 heteroatoms. The van der Waals surface area contributed by atoms with Crippen molar-refractivity contribution in [2.24, 2.45) is 5.92 Å². The third kappa shape index (κ3) is 2.99. The predicted molar refractivity (Wildman–Crippen MR) is 50.0 cm³/mol. The minimum atomic E-state index is -6.43. The fourth-order valence-corrected chi connectivity index (χ4v) is 1.18. The van der Waals surface area contributed by atoms with Crippen LogP contribution >= 0.6 is 11.6 Å². The second-order valence-corrected chi connectivity index (χ2v) is 4.25. The van der Waals surface area contributed by atoms with Crippen LogP contribution in [-0.2, 0) is 0 Å². The van der Waals surface area contributed by atoms with Crippen molar-refractivity contribution >= 4 is 11.6 Å². The molecule has 0 spiro atoms. The molecule has 0 aliphatic carbocycles. The maximum absolute atomic E-state index is 13.1. The topological polar surface area (TPSA) is 0 Å². The van der Waals surface area contributed by atoms with Crippen LogP contribution in [0.2, 0.25) is 0 Å². The summed E-state index contributed by atoms with van der Waals surface area (Å²) in [6, 6.07) is 0. The van der Waals surface area contributed by atoms with Gasteiger partial charge < -0.3 is 0 Å². The van der Waals surface area contributed by atoms with E-state index in [-0.39, 0.29) is 6.92 Å². The van der Waals surface area contributed by atoms with Gasteiger partial charge in [0, 0.05) is 0 Å². The zero-order chi connectivity index (χ0) is 16.5. The molecule has 0 saturated carbocycles. The zero-order valence-corrected chi connectivity index (χ0v) is 10.3. The highest BCUT2D eigenvalue weighted by Crippen LogP contribution is 2.52. The minimum Gasteiger partial charge on any atom is -0.251 e. The standard InChI is InChI=1S/C9H7ClF10/c1-3(2-11)7(15,16)9(19,20)8(17,18)5(12)4(10)6(13)14/h3,5H,2H2,1H3. The highest BCUT2D eigenvalue weighted by molar-refractivity contribution is 6.30. The molecule has 0 aromatic heterocycles. The van der Waals surface area contributed by atoms with Crippen LogP contribution in [0.3, 0.4) is 0 Å². The first-order chi connectivity index (χ1) is 8.75. The third-order valence-corrected chi connectivity index (χ3v) is 2.74. The Balaban J connectivity index is 5.75. The second kappa shape index (κ2) is 5.98. The van der Waals surface area contributed by atoms with E-state index in [9.17, 15) is 43.9 Å². The Hall–Kier alpha value is -0.670. The summed E-state index contributed by atoms with van der Waals surface area (Å²) in [5, 5.41) is -2.63. The van der Waals surface area contributed by atoms with Gasteiger partial charge in [-0.3, -0.25) is 4.39 Å². The lowest BCUT2D eigenvalue weighted by Crippen LogP contribution is -2.61. The van der Waals surface area contributed by atoms with Crippen molar-refractivity contribution in [3.05, 3.63) is 11.1 Å². The van der Waals surface area contributed by atoms with Crippen LogP contribution in [0.4, 0.5) is 43.9 Å². The van der Waals surface area contributed by atoms with Gasteiger partial charge in [0.05, 0.1) is 12.6 Å². The average Bonchev–Trinajstić information content (AvgIpc) is 2.34. The molecule has 0 aromatic carbocycles. The number of hydrogen-bond donors (Lipinski definition) is 0. The number of alkyl halides is 8. The molecular formula is C9H7ClF10. The maximum atomic E-state index is 13.1. The summed E-state index contributed by atoms with van der Waals surface area (Å²) >= 11 is 4.34. The van der Waals surface area contributed by atoms with Crippen molar-refractivity contribution in [2.75, 3.05) is 6.67 Å². The van der Waals surface area contributed by atoms with Crippen LogP contribution in [0.15, 0.2) is 11.1 Å². The van der Waals surface area contributed by atoms with Crippen molar-refractivity contribution in [3.8, 4) is 0 Å². The van der Waals surface area contributed by atoms with Crippen molar-refractivity contribution in [3.63, 3.8) is 0 Å². The number of hydrogen-bond acceptors (Lipinski definition) is 0. The van der Waals surface area contributed by atoms with Crippen LogP contribution in [0, 0.1) is 5.92 Å². The Morgan fingerprint density at radius 1 is 1.00 bits per heavy atom. The maximum Gasteiger partial charge on any atom is 0.375 e. The molecule has 20 heavy (non-hydrogen) atoms. The normalized spacial score (nSPS) is 16.8. The van der Waals surface area contributed by atoms with E-state index in [1.807, 2.05) is 0 Å². The van der Waals surface area contributed by atoms with E-state index < -0.39 is 47.6 Å². The molecule has 0 aromatic rings. The van der Waals surface area contributed by atoms with E-state index in [4.69, 9.17) is 0 Å². The summed E-state index contributed by atoms with van der Waals surface area (Å²) in [5.41, 5.74) is 0. The molecule has 0 bridgehead atoms. The zero-order valence-electron chi connectivity index (χ0n) is 9.52. The van der Waals surface area contributed by atoms with Gasteiger partial charge in [0.15, 0.2) is 0 Å². The fourth-order valence-electron chi connectivity index (χ4n) is 1.04. The van der Waals surface area contributed by atoms with Gasteiger partial charge >= 0.3 is 17.8 Å². The molecule has 120 valence electrons. The lowest BCUT2D eigenvalue weighted by molar-refractivity contribution is -0.334. The molecule has 0 N–H and O–H groups in total. The van der Waals surface area contributed by atoms with Gasteiger partial charge in [0.25, 0.3) is 6.08 Å². The van der Waals surface area contributed by atoms with Crippen molar-refractivity contribution in [1.29, 1.82) is 0 Å². The molecular weight excluding hydrogens is 334 g/mol. The third-order valence-electron chi connectivity index (χ3n) is 2.41. The largest absolute Gasteiger partial charge is 0.375 e. The Morgan fingerprint density at radius 2 is 1.40 bits per heavy atom.